The second-order valence-corrected chi connectivity index (χ2v) is 8.25. The highest BCUT2D eigenvalue weighted by molar-refractivity contribution is 5.30. The molecule has 4 heterocycles. The van der Waals surface area contributed by atoms with E-state index in [9.17, 15) is 5.11 Å². The number of rotatable bonds is 6. The number of aromatic nitrogens is 2. The van der Waals surface area contributed by atoms with Gasteiger partial charge in [-0.3, -0.25) is 4.90 Å². The fraction of sp³-hybridized carbons (Fsp3) is 0.800. The van der Waals surface area contributed by atoms with E-state index in [1.54, 1.807) is 0 Å². The molecule has 1 aromatic rings. The molecule has 0 saturated carbocycles. The van der Waals surface area contributed by atoms with Crippen LogP contribution in [0.4, 0.5) is 5.95 Å². The van der Waals surface area contributed by atoms with Gasteiger partial charge < -0.3 is 19.6 Å². The van der Waals surface area contributed by atoms with Gasteiger partial charge in [0.2, 0.25) is 5.95 Å². The van der Waals surface area contributed by atoms with E-state index >= 15 is 0 Å². The molecule has 3 saturated heterocycles. The van der Waals surface area contributed by atoms with E-state index in [2.05, 4.69) is 24.7 Å². The number of morpholine rings is 1. The van der Waals surface area contributed by atoms with Crippen LogP contribution in [0.15, 0.2) is 12.4 Å². The lowest BCUT2D eigenvalue weighted by Gasteiger charge is -2.30. The lowest BCUT2D eigenvalue weighted by molar-refractivity contribution is 0.122. The Morgan fingerprint density at radius 3 is 2.33 bits per heavy atom. The highest BCUT2D eigenvalue weighted by Gasteiger charge is 2.33. The third kappa shape index (κ3) is 4.96. The number of nitrogens with zero attached hydrogens (tertiary/aromatic N) is 5. The monoisotopic (exact) mass is 375 g/mol. The SMILES string of the molecule is OC[C@@H]1CN(Cc2cnc(N3CCOCC3)nc2)C[C@@H]1CN1CCCCC1. The Hall–Kier alpha value is -1.28. The van der Waals surface area contributed by atoms with Crippen molar-refractivity contribution in [3.05, 3.63) is 18.0 Å². The minimum absolute atomic E-state index is 0.293. The van der Waals surface area contributed by atoms with Gasteiger partial charge in [0.05, 0.1) is 13.2 Å². The molecule has 0 aromatic carbocycles. The smallest absolute Gasteiger partial charge is 0.225 e. The number of likely N-dealkylation sites (tertiary alicyclic amines) is 2. The third-order valence-electron chi connectivity index (χ3n) is 6.22. The van der Waals surface area contributed by atoms with E-state index < -0.39 is 0 Å². The molecule has 3 fully saturated rings. The molecule has 2 atom stereocenters. The third-order valence-corrected chi connectivity index (χ3v) is 6.22. The maximum atomic E-state index is 9.84. The summed E-state index contributed by atoms with van der Waals surface area (Å²) in [5, 5.41) is 9.84. The first-order valence-corrected chi connectivity index (χ1v) is 10.5. The van der Waals surface area contributed by atoms with Crippen molar-refractivity contribution in [2.45, 2.75) is 25.8 Å². The second kappa shape index (κ2) is 9.28. The van der Waals surface area contributed by atoms with Crippen molar-refractivity contribution < 1.29 is 9.84 Å². The van der Waals surface area contributed by atoms with Gasteiger partial charge in [-0.15, -0.1) is 0 Å². The number of anilines is 1. The van der Waals surface area contributed by atoms with Crippen molar-refractivity contribution in [3.63, 3.8) is 0 Å². The lowest BCUT2D eigenvalue weighted by Crippen LogP contribution is -2.37. The summed E-state index contributed by atoms with van der Waals surface area (Å²) in [6, 6.07) is 0. The molecule has 0 spiro atoms. The average Bonchev–Trinajstić information content (AvgIpc) is 3.11. The van der Waals surface area contributed by atoms with Gasteiger partial charge in [-0.25, -0.2) is 9.97 Å². The molecule has 0 radical (unpaired) electrons. The largest absolute Gasteiger partial charge is 0.396 e. The van der Waals surface area contributed by atoms with E-state index in [0.29, 0.717) is 18.4 Å². The second-order valence-electron chi connectivity index (χ2n) is 8.25. The minimum atomic E-state index is 0.293. The van der Waals surface area contributed by atoms with Crippen LogP contribution in [-0.4, -0.2) is 90.5 Å². The van der Waals surface area contributed by atoms with Crippen molar-refractivity contribution in [2.24, 2.45) is 11.8 Å². The molecule has 0 unspecified atom stereocenters. The van der Waals surface area contributed by atoms with E-state index in [0.717, 1.165) is 64.0 Å². The van der Waals surface area contributed by atoms with Gasteiger partial charge in [0.25, 0.3) is 0 Å². The molecular formula is C20H33N5O2. The summed E-state index contributed by atoms with van der Waals surface area (Å²) in [6.45, 7) is 10.0. The summed E-state index contributed by atoms with van der Waals surface area (Å²) in [6.07, 6.45) is 7.95. The molecule has 1 N–H and O–H groups in total. The Labute approximate surface area is 162 Å². The number of ether oxygens (including phenoxy) is 1. The van der Waals surface area contributed by atoms with Gasteiger partial charge in [0, 0.05) is 63.8 Å². The summed E-state index contributed by atoms with van der Waals surface area (Å²) in [4.78, 5) is 16.4. The van der Waals surface area contributed by atoms with E-state index in [1.165, 1.54) is 32.4 Å². The Morgan fingerprint density at radius 2 is 1.63 bits per heavy atom. The molecule has 0 bridgehead atoms. The molecule has 1 aromatic heterocycles. The molecule has 0 amide bonds. The van der Waals surface area contributed by atoms with Gasteiger partial charge in [-0.1, -0.05) is 6.42 Å². The normalized spacial score (nSPS) is 28.0. The van der Waals surface area contributed by atoms with E-state index in [-0.39, 0.29) is 0 Å². The zero-order valence-electron chi connectivity index (χ0n) is 16.3. The minimum Gasteiger partial charge on any atom is -0.396 e. The van der Waals surface area contributed by atoms with Gasteiger partial charge in [0.15, 0.2) is 0 Å². The quantitative estimate of drug-likeness (QED) is 0.790. The van der Waals surface area contributed by atoms with Crippen LogP contribution in [0.1, 0.15) is 24.8 Å². The molecule has 3 aliphatic heterocycles. The molecule has 7 nitrogen and oxygen atoms in total. The molecule has 7 heteroatoms. The number of hydrogen-bond donors (Lipinski definition) is 1. The van der Waals surface area contributed by atoms with E-state index in [1.807, 2.05) is 12.4 Å². The summed E-state index contributed by atoms with van der Waals surface area (Å²) in [5.74, 6) is 1.77. The fourth-order valence-corrected chi connectivity index (χ4v) is 4.67. The summed E-state index contributed by atoms with van der Waals surface area (Å²) in [5.41, 5.74) is 1.15. The molecular weight excluding hydrogens is 342 g/mol. The topological polar surface area (TPSA) is 65.0 Å². The zero-order chi connectivity index (χ0) is 18.5. The van der Waals surface area contributed by atoms with Gasteiger partial charge in [-0.2, -0.15) is 0 Å². The Balaban J connectivity index is 1.31. The van der Waals surface area contributed by atoms with Gasteiger partial charge in [-0.05, 0) is 37.8 Å². The average molecular weight is 376 g/mol. The van der Waals surface area contributed by atoms with Crippen LogP contribution in [0.2, 0.25) is 0 Å². The summed E-state index contributed by atoms with van der Waals surface area (Å²) >= 11 is 0. The molecule has 150 valence electrons. The number of piperidine rings is 1. The van der Waals surface area contributed by atoms with Crippen LogP contribution in [0.5, 0.6) is 0 Å². The van der Waals surface area contributed by atoms with E-state index in [4.69, 9.17) is 4.74 Å². The van der Waals surface area contributed by atoms with Crippen LogP contribution >= 0.6 is 0 Å². The lowest BCUT2D eigenvalue weighted by atomic mass is 9.95. The fourth-order valence-electron chi connectivity index (χ4n) is 4.67. The highest BCUT2D eigenvalue weighted by atomic mass is 16.5. The zero-order valence-corrected chi connectivity index (χ0v) is 16.3. The molecule has 3 aliphatic rings. The Morgan fingerprint density at radius 1 is 0.926 bits per heavy atom. The predicted molar refractivity (Wildman–Crippen MR) is 105 cm³/mol. The number of hydrogen-bond acceptors (Lipinski definition) is 7. The standard InChI is InChI=1S/C20H33N5O2/c26-16-19-15-24(14-18(19)13-23-4-2-1-3-5-23)12-17-10-21-20(22-11-17)25-6-8-27-9-7-25/h10-11,18-19,26H,1-9,12-16H2/t18-,19-/m0/s1. The summed E-state index contributed by atoms with van der Waals surface area (Å²) < 4.78 is 5.39. The number of aliphatic hydroxyl groups is 1. The van der Waals surface area contributed by atoms with Crippen LogP contribution in [0.3, 0.4) is 0 Å². The van der Waals surface area contributed by atoms with Crippen molar-refractivity contribution in [1.29, 1.82) is 0 Å². The number of aliphatic hydroxyl groups excluding tert-OH is 1. The van der Waals surface area contributed by atoms with Gasteiger partial charge in [0.1, 0.15) is 0 Å². The summed E-state index contributed by atoms with van der Waals surface area (Å²) in [7, 11) is 0. The van der Waals surface area contributed by atoms with Crippen LogP contribution in [0.25, 0.3) is 0 Å². The van der Waals surface area contributed by atoms with Crippen molar-refractivity contribution in [3.8, 4) is 0 Å². The van der Waals surface area contributed by atoms with Crippen molar-refractivity contribution in [2.75, 3.05) is 70.5 Å². The van der Waals surface area contributed by atoms with Crippen molar-refractivity contribution in [1.82, 2.24) is 19.8 Å². The molecule has 27 heavy (non-hydrogen) atoms. The predicted octanol–water partition coefficient (Wildman–Crippen LogP) is 0.839. The first-order chi connectivity index (χ1) is 13.3. The first-order valence-electron chi connectivity index (χ1n) is 10.5. The highest BCUT2D eigenvalue weighted by Crippen LogP contribution is 2.26. The first kappa shape index (κ1) is 19.1. The molecule has 4 rings (SSSR count). The molecule has 0 aliphatic carbocycles. The van der Waals surface area contributed by atoms with Crippen LogP contribution in [0, 0.1) is 11.8 Å². The van der Waals surface area contributed by atoms with Gasteiger partial charge >= 0.3 is 0 Å². The van der Waals surface area contributed by atoms with Crippen molar-refractivity contribution >= 4 is 5.95 Å². The van der Waals surface area contributed by atoms with Crippen LogP contribution < -0.4 is 4.90 Å². The maximum Gasteiger partial charge on any atom is 0.225 e. The maximum absolute atomic E-state index is 9.84. The van der Waals surface area contributed by atoms with Crippen LogP contribution in [-0.2, 0) is 11.3 Å². The Kier molecular flexibility index (Phi) is 6.55. The Bertz CT molecular complexity index is 572.